The van der Waals surface area contributed by atoms with E-state index in [1.807, 2.05) is 6.07 Å². The largest absolute Gasteiger partial charge is 0.302 e. The summed E-state index contributed by atoms with van der Waals surface area (Å²) in [6, 6.07) is 16.8. The van der Waals surface area contributed by atoms with Crippen molar-refractivity contribution in [2.45, 2.75) is 6.54 Å². The van der Waals surface area contributed by atoms with Gasteiger partial charge in [0.25, 0.3) is 5.91 Å². The molecule has 0 radical (unpaired) electrons. The van der Waals surface area contributed by atoms with Crippen LogP contribution >= 0.6 is 11.3 Å². The van der Waals surface area contributed by atoms with Gasteiger partial charge >= 0.3 is 0 Å². The molecule has 4 nitrogen and oxygen atoms in total. The number of fused-ring (bicyclic) bond motifs is 1. The van der Waals surface area contributed by atoms with Crippen molar-refractivity contribution in [1.29, 1.82) is 0 Å². The summed E-state index contributed by atoms with van der Waals surface area (Å²) in [5.74, 6) is 0.141. The number of ketones is 1. The first kappa shape index (κ1) is 20.4. The second-order valence-electron chi connectivity index (χ2n) is 6.60. The zero-order valence-electron chi connectivity index (χ0n) is 16.0. The number of terminal acetylenes is 1. The Kier molecular flexibility index (Phi) is 5.56. The number of carbonyl (C=O) groups excluding carboxylic acids is 2. The molecule has 0 atom stereocenters. The highest BCUT2D eigenvalue weighted by Crippen LogP contribution is 2.22. The summed E-state index contributed by atoms with van der Waals surface area (Å²) < 4.78 is 29.5. The number of amides is 1. The van der Waals surface area contributed by atoms with Gasteiger partial charge in [-0.1, -0.05) is 59.7 Å². The van der Waals surface area contributed by atoms with E-state index in [2.05, 4.69) is 10.9 Å². The van der Waals surface area contributed by atoms with E-state index in [1.165, 1.54) is 22.8 Å². The molecule has 0 N–H and O–H groups in total. The Morgan fingerprint density at radius 2 is 1.61 bits per heavy atom. The summed E-state index contributed by atoms with van der Waals surface area (Å²) in [6.07, 6.45) is 5.37. The highest BCUT2D eigenvalue weighted by Gasteiger charge is 2.15. The van der Waals surface area contributed by atoms with Gasteiger partial charge in [-0.25, -0.2) is 8.78 Å². The summed E-state index contributed by atoms with van der Waals surface area (Å²) >= 11 is 0.966. The average Bonchev–Trinajstić information content (AvgIpc) is 3.11. The molecule has 1 heterocycles. The van der Waals surface area contributed by atoms with Gasteiger partial charge in [0.2, 0.25) is 0 Å². The molecule has 0 aliphatic heterocycles. The normalized spacial score (nSPS) is 11.5. The lowest BCUT2D eigenvalue weighted by Crippen LogP contribution is -2.17. The maximum Gasteiger partial charge on any atom is 0.279 e. The minimum Gasteiger partial charge on any atom is -0.302 e. The van der Waals surface area contributed by atoms with Gasteiger partial charge in [0.15, 0.2) is 16.4 Å². The van der Waals surface area contributed by atoms with E-state index in [4.69, 9.17) is 6.42 Å². The number of carbonyl (C=O) groups is 2. The highest BCUT2D eigenvalue weighted by molar-refractivity contribution is 7.16. The van der Waals surface area contributed by atoms with Crippen molar-refractivity contribution < 1.29 is 18.4 Å². The quantitative estimate of drug-likeness (QED) is 0.350. The van der Waals surface area contributed by atoms with E-state index >= 15 is 0 Å². The monoisotopic (exact) mass is 432 g/mol. The Labute approximate surface area is 180 Å². The van der Waals surface area contributed by atoms with Crippen molar-refractivity contribution in [1.82, 2.24) is 4.57 Å². The molecule has 0 aliphatic rings. The lowest BCUT2D eigenvalue weighted by Gasteiger charge is -2.03. The minimum atomic E-state index is -0.779. The maximum absolute atomic E-state index is 14.3. The van der Waals surface area contributed by atoms with E-state index in [-0.39, 0.29) is 28.2 Å². The zero-order chi connectivity index (χ0) is 22.0. The molecular formula is C24H14F2N2O2S. The molecule has 3 aromatic carbocycles. The third-order valence-electron chi connectivity index (χ3n) is 4.57. The summed E-state index contributed by atoms with van der Waals surface area (Å²) in [6.45, 7) is -0.0286. The van der Waals surface area contributed by atoms with E-state index in [1.54, 1.807) is 36.4 Å². The van der Waals surface area contributed by atoms with Crippen molar-refractivity contribution in [2.24, 2.45) is 4.99 Å². The molecule has 7 heteroatoms. The van der Waals surface area contributed by atoms with Crippen LogP contribution in [-0.2, 0) is 6.54 Å². The average molecular weight is 432 g/mol. The molecule has 152 valence electrons. The van der Waals surface area contributed by atoms with Crippen molar-refractivity contribution >= 4 is 33.2 Å². The molecule has 0 fully saturated rings. The molecule has 0 spiro atoms. The number of hydrogen-bond donors (Lipinski definition) is 0. The van der Waals surface area contributed by atoms with Crippen LogP contribution in [0, 0.1) is 24.0 Å². The smallest absolute Gasteiger partial charge is 0.279 e. The van der Waals surface area contributed by atoms with Crippen LogP contribution in [0.15, 0.2) is 71.7 Å². The molecule has 0 saturated carbocycles. The fourth-order valence-electron chi connectivity index (χ4n) is 3.12. The van der Waals surface area contributed by atoms with Crippen molar-refractivity contribution in [2.75, 3.05) is 0 Å². The Morgan fingerprint density at radius 3 is 2.29 bits per heavy atom. The summed E-state index contributed by atoms with van der Waals surface area (Å²) in [4.78, 5) is 29.4. The molecule has 0 unspecified atom stereocenters. The Morgan fingerprint density at radius 1 is 0.968 bits per heavy atom. The van der Waals surface area contributed by atoms with Crippen LogP contribution in [0.3, 0.4) is 0 Å². The zero-order valence-corrected chi connectivity index (χ0v) is 16.8. The van der Waals surface area contributed by atoms with Gasteiger partial charge in [0.05, 0.1) is 16.8 Å². The Balaban J connectivity index is 1.70. The molecule has 0 aliphatic carbocycles. The molecule has 0 saturated heterocycles. The van der Waals surface area contributed by atoms with Crippen molar-refractivity contribution in [3.05, 3.63) is 99.9 Å². The van der Waals surface area contributed by atoms with E-state index in [9.17, 15) is 18.4 Å². The standard InChI is InChI=1S/C24H14F2N2O2S/c1-2-12-28-21-19(26)13-18(25)14-20(21)31-24(28)27-23(30)17-10-8-16(9-11-17)22(29)15-6-4-3-5-7-15/h1,3-11,13-14H,12H2. The van der Waals surface area contributed by atoms with Gasteiger partial charge in [0, 0.05) is 22.8 Å². The van der Waals surface area contributed by atoms with Crippen LogP contribution < -0.4 is 4.80 Å². The third kappa shape index (κ3) is 4.06. The molecule has 4 rings (SSSR count). The first-order valence-corrected chi connectivity index (χ1v) is 10.0. The molecule has 31 heavy (non-hydrogen) atoms. The topological polar surface area (TPSA) is 51.4 Å². The number of hydrogen-bond acceptors (Lipinski definition) is 3. The van der Waals surface area contributed by atoms with Crippen LogP contribution in [0.4, 0.5) is 8.78 Å². The van der Waals surface area contributed by atoms with E-state index in [0.29, 0.717) is 15.8 Å². The van der Waals surface area contributed by atoms with Gasteiger partial charge in [-0.2, -0.15) is 4.99 Å². The predicted molar refractivity (Wildman–Crippen MR) is 115 cm³/mol. The first-order chi connectivity index (χ1) is 15.0. The van der Waals surface area contributed by atoms with E-state index < -0.39 is 17.5 Å². The molecule has 4 aromatic rings. The SMILES string of the molecule is C#CCn1c(=NC(=O)c2ccc(C(=O)c3ccccc3)cc2)sc2cc(F)cc(F)c21. The lowest BCUT2D eigenvalue weighted by atomic mass is 10.0. The van der Waals surface area contributed by atoms with Crippen molar-refractivity contribution in [3.63, 3.8) is 0 Å². The van der Waals surface area contributed by atoms with Crippen LogP contribution in [-0.4, -0.2) is 16.3 Å². The molecular weight excluding hydrogens is 418 g/mol. The fourth-order valence-corrected chi connectivity index (χ4v) is 4.19. The summed E-state index contributed by atoms with van der Waals surface area (Å²) in [5.41, 5.74) is 1.33. The summed E-state index contributed by atoms with van der Waals surface area (Å²) in [7, 11) is 0. The number of nitrogens with zero attached hydrogens (tertiary/aromatic N) is 2. The number of benzene rings is 3. The van der Waals surface area contributed by atoms with Gasteiger partial charge in [-0.15, -0.1) is 6.42 Å². The molecule has 1 aromatic heterocycles. The Bertz CT molecular complexity index is 1410. The maximum atomic E-state index is 14.3. The van der Waals surface area contributed by atoms with Crippen LogP contribution in [0.25, 0.3) is 10.2 Å². The van der Waals surface area contributed by atoms with Gasteiger partial charge in [-0.05, 0) is 18.2 Å². The second-order valence-corrected chi connectivity index (χ2v) is 7.61. The Hall–Kier alpha value is -3.89. The lowest BCUT2D eigenvalue weighted by molar-refractivity contribution is 0.0994. The fraction of sp³-hybridized carbons (Fsp3) is 0.0417. The minimum absolute atomic E-state index is 0.0286. The van der Waals surface area contributed by atoms with Gasteiger partial charge in [-0.3, -0.25) is 9.59 Å². The number of rotatable bonds is 4. The van der Waals surface area contributed by atoms with Gasteiger partial charge in [0.1, 0.15) is 5.82 Å². The van der Waals surface area contributed by atoms with Crippen molar-refractivity contribution in [3.8, 4) is 12.3 Å². The van der Waals surface area contributed by atoms with Crippen LogP contribution in [0.2, 0.25) is 0 Å². The van der Waals surface area contributed by atoms with E-state index in [0.717, 1.165) is 17.4 Å². The predicted octanol–water partition coefficient (Wildman–Crippen LogP) is 4.59. The van der Waals surface area contributed by atoms with Gasteiger partial charge < -0.3 is 4.57 Å². The third-order valence-corrected chi connectivity index (χ3v) is 5.60. The molecule has 1 amide bonds. The number of halogens is 2. The summed E-state index contributed by atoms with van der Waals surface area (Å²) in [5, 5.41) is 0. The van der Waals surface area contributed by atoms with Crippen LogP contribution in [0.1, 0.15) is 26.3 Å². The highest BCUT2D eigenvalue weighted by atomic mass is 32.1. The number of aromatic nitrogens is 1. The number of thiazole rings is 1. The first-order valence-electron chi connectivity index (χ1n) is 9.18. The molecule has 0 bridgehead atoms. The van der Waals surface area contributed by atoms with Crippen LogP contribution in [0.5, 0.6) is 0 Å². The second kappa shape index (κ2) is 8.46.